The highest BCUT2D eigenvalue weighted by atomic mass is 35.5. The topological polar surface area (TPSA) is 81.1 Å². The molecule has 1 saturated heterocycles. The maximum atomic E-state index is 12.0. The van der Waals surface area contributed by atoms with Crippen LogP contribution in [0.2, 0.25) is 5.02 Å². The van der Waals surface area contributed by atoms with Gasteiger partial charge in [0.15, 0.2) is 6.54 Å². The molecule has 7 nitrogen and oxygen atoms in total. The minimum atomic E-state index is -0.520. The van der Waals surface area contributed by atoms with Gasteiger partial charge in [-0.1, -0.05) is 11.6 Å². The van der Waals surface area contributed by atoms with Crippen molar-refractivity contribution >= 4 is 28.9 Å². The van der Waals surface area contributed by atoms with Gasteiger partial charge in [0.2, 0.25) is 0 Å². The van der Waals surface area contributed by atoms with Crippen LogP contribution in [0.4, 0.5) is 11.4 Å². The maximum absolute atomic E-state index is 12.0. The monoisotopic (exact) mass is 314 g/mol. The molecular weight excluding hydrogens is 296 g/mol. The zero-order chi connectivity index (χ0) is 15.4. The summed E-state index contributed by atoms with van der Waals surface area (Å²) >= 11 is 5.95. The Morgan fingerprint density at radius 1 is 1.38 bits per heavy atom. The Labute approximate surface area is 127 Å². The summed E-state index contributed by atoms with van der Waals surface area (Å²) in [6.07, 6.45) is 0. The van der Waals surface area contributed by atoms with Gasteiger partial charge in [0, 0.05) is 12.1 Å². The fourth-order valence-corrected chi connectivity index (χ4v) is 2.57. The van der Waals surface area contributed by atoms with E-state index in [9.17, 15) is 14.9 Å². The van der Waals surface area contributed by atoms with Crippen molar-refractivity contribution < 1.29 is 19.5 Å². The van der Waals surface area contributed by atoms with Gasteiger partial charge < -0.3 is 15.1 Å². The van der Waals surface area contributed by atoms with Crippen molar-refractivity contribution in [2.45, 2.75) is 0 Å². The van der Waals surface area contributed by atoms with E-state index in [0.717, 1.165) is 26.2 Å². The third kappa shape index (κ3) is 4.38. The van der Waals surface area contributed by atoms with Crippen molar-refractivity contribution in [2.24, 2.45) is 0 Å². The molecule has 1 aromatic rings. The predicted molar refractivity (Wildman–Crippen MR) is 78.9 cm³/mol. The van der Waals surface area contributed by atoms with E-state index in [0.29, 0.717) is 12.2 Å². The van der Waals surface area contributed by atoms with Crippen molar-refractivity contribution in [3.63, 3.8) is 0 Å². The summed E-state index contributed by atoms with van der Waals surface area (Å²) < 4.78 is 0. The lowest BCUT2D eigenvalue weighted by molar-refractivity contribution is -0.999. The Hall–Kier alpha value is -1.70. The summed E-state index contributed by atoms with van der Waals surface area (Å²) in [6, 6.07) is 4.03. The second kappa shape index (κ2) is 6.84. The molecule has 1 aliphatic heterocycles. The van der Waals surface area contributed by atoms with Crippen molar-refractivity contribution in [2.75, 3.05) is 45.1 Å². The zero-order valence-corrected chi connectivity index (χ0v) is 12.6. The third-order valence-electron chi connectivity index (χ3n) is 3.66. The van der Waals surface area contributed by atoms with Gasteiger partial charge in [-0.3, -0.25) is 14.9 Å². The molecule has 1 heterocycles. The summed E-state index contributed by atoms with van der Waals surface area (Å²) in [4.78, 5) is 24.8. The van der Waals surface area contributed by atoms with Crippen molar-refractivity contribution in [3.8, 4) is 0 Å². The summed E-state index contributed by atoms with van der Waals surface area (Å²) in [5, 5.41) is 13.5. The number of likely N-dealkylation sites (N-methyl/N-ethyl adjacent to an activating group) is 1. The first-order valence-electron chi connectivity index (χ1n) is 6.84. The summed E-state index contributed by atoms with van der Waals surface area (Å²) in [5.41, 5.74) is 0.317. The number of rotatable bonds is 4. The summed E-state index contributed by atoms with van der Waals surface area (Å²) in [6.45, 7) is 4.43. The van der Waals surface area contributed by atoms with Crippen molar-refractivity contribution in [3.05, 3.63) is 33.3 Å². The molecule has 1 aromatic carbocycles. The second-order valence-corrected chi connectivity index (χ2v) is 5.76. The Bertz CT molecular complexity index is 544. The summed E-state index contributed by atoms with van der Waals surface area (Å²) in [7, 11) is 2.15. The smallest absolute Gasteiger partial charge is 0.279 e. The number of carbonyl (C=O) groups excluding carboxylic acids is 1. The van der Waals surface area contributed by atoms with Gasteiger partial charge in [-0.05, 0) is 6.07 Å². The van der Waals surface area contributed by atoms with E-state index in [1.807, 2.05) is 0 Å². The van der Waals surface area contributed by atoms with E-state index in [2.05, 4.69) is 12.4 Å². The van der Waals surface area contributed by atoms with Gasteiger partial charge in [0.05, 0.1) is 22.7 Å². The predicted octanol–water partition coefficient (Wildman–Crippen LogP) is -1.40. The first kappa shape index (κ1) is 15.7. The van der Waals surface area contributed by atoms with Crippen LogP contribution in [-0.2, 0) is 4.79 Å². The van der Waals surface area contributed by atoms with Crippen LogP contribution in [0, 0.1) is 10.1 Å². The van der Waals surface area contributed by atoms with Crippen LogP contribution >= 0.6 is 11.6 Å². The second-order valence-electron chi connectivity index (χ2n) is 5.35. The van der Waals surface area contributed by atoms with Crippen LogP contribution < -0.4 is 15.1 Å². The number of halogens is 1. The van der Waals surface area contributed by atoms with Crippen molar-refractivity contribution in [1.29, 1.82) is 0 Å². The van der Waals surface area contributed by atoms with E-state index >= 15 is 0 Å². The molecule has 0 atom stereocenters. The lowest BCUT2D eigenvalue weighted by Crippen LogP contribution is -3.27. The van der Waals surface area contributed by atoms with E-state index in [4.69, 9.17) is 11.6 Å². The number of amides is 1. The summed E-state index contributed by atoms with van der Waals surface area (Å²) in [5.74, 6) is -0.125. The first-order valence-corrected chi connectivity index (χ1v) is 7.22. The van der Waals surface area contributed by atoms with Gasteiger partial charge in [-0.2, -0.15) is 0 Å². The molecule has 0 spiro atoms. The SMILES string of the molecule is C[NH+]1CC[NH+](CC(=O)Nc2ccc([N+](=O)[O-])cc2Cl)CC1. The minimum Gasteiger partial charge on any atom is -0.328 e. The molecule has 1 amide bonds. The standard InChI is InChI=1S/C13H17ClN4O3/c1-16-4-6-17(7-5-16)9-13(19)15-12-3-2-10(18(20)21)8-11(12)14/h2-3,8H,4-7,9H2,1H3,(H,15,19)/p+2. The molecular formula is C13H19ClN4O3+2. The van der Waals surface area contributed by atoms with Gasteiger partial charge in [-0.15, -0.1) is 0 Å². The average Bonchev–Trinajstić information content (AvgIpc) is 2.43. The van der Waals surface area contributed by atoms with Gasteiger partial charge in [-0.25, -0.2) is 0 Å². The average molecular weight is 315 g/mol. The molecule has 8 heteroatoms. The largest absolute Gasteiger partial charge is 0.328 e. The molecule has 0 bridgehead atoms. The molecule has 114 valence electrons. The number of benzene rings is 1. The first-order chi connectivity index (χ1) is 9.95. The molecule has 1 fully saturated rings. The minimum absolute atomic E-state index is 0.0920. The molecule has 0 unspecified atom stereocenters. The van der Waals surface area contributed by atoms with E-state index < -0.39 is 4.92 Å². The Morgan fingerprint density at radius 3 is 2.62 bits per heavy atom. The number of nitrogens with one attached hydrogen (secondary N) is 3. The molecule has 2 rings (SSSR count). The van der Waals surface area contributed by atoms with Crippen LogP contribution in [0.5, 0.6) is 0 Å². The number of hydrogen-bond donors (Lipinski definition) is 3. The zero-order valence-electron chi connectivity index (χ0n) is 11.8. The normalized spacial score (nSPS) is 21.8. The Morgan fingerprint density at radius 2 is 2.05 bits per heavy atom. The Kier molecular flexibility index (Phi) is 5.11. The molecule has 0 radical (unpaired) electrons. The highest BCUT2D eigenvalue weighted by Gasteiger charge is 2.22. The number of piperazine rings is 1. The number of nitro benzene ring substituents is 1. The fourth-order valence-electron chi connectivity index (χ4n) is 2.35. The number of anilines is 1. The van der Waals surface area contributed by atoms with E-state index in [1.54, 1.807) is 0 Å². The number of carbonyl (C=O) groups is 1. The molecule has 0 aliphatic carbocycles. The fraction of sp³-hybridized carbons (Fsp3) is 0.462. The molecule has 21 heavy (non-hydrogen) atoms. The number of hydrogen-bond acceptors (Lipinski definition) is 3. The lowest BCUT2D eigenvalue weighted by Gasteiger charge is -2.26. The molecule has 1 aliphatic rings. The number of nitro groups is 1. The third-order valence-corrected chi connectivity index (χ3v) is 3.97. The van der Waals surface area contributed by atoms with Crippen LogP contribution in [-0.4, -0.2) is 50.6 Å². The maximum Gasteiger partial charge on any atom is 0.279 e. The quantitative estimate of drug-likeness (QED) is 0.472. The van der Waals surface area contributed by atoms with Gasteiger partial charge in [0.25, 0.3) is 11.6 Å². The molecule has 3 N–H and O–H groups in total. The highest BCUT2D eigenvalue weighted by molar-refractivity contribution is 6.33. The van der Waals surface area contributed by atoms with Crippen LogP contribution in [0.25, 0.3) is 0 Å². The number of non-ortho nitro benzene ring substituents is 1. The van der Waals surface area contributed by atoms with Crippen LogP contribution in [0.15, 0.2) is 18.2 Å². The molecule has 0 saturated carbocycles. The van der Waals surface area contributed by atoms with E-state index in [-0.39, 0.29) is 16.6 Å². The molecule has 0 aromatic heterocycles. The van der Waals surface area contributed by atoms with Gasteiger partial charge >= 0.3 is 0 Å². The van der Waals surface area contributed by atoms with Crippen molar-refractivity contribution in [1.82, 2.24) is 0 Å². The number of quaternary nitrogens is 2. The van der Waals surface area contributed by atoms with Gasteiger partial charge in [0.1, 0.15) is 26.2 Å². The highest BCUT2D eigenvalue weighted by Crippen LogP contribution is 2.26. The lowest BCUT2D eigenvalue weighted by atomic mass is 10.2. The van der Waals surface area contributed by atoms with E-state index in [1.165, 1.54) is 28.0 Å². The van der Waals surface area contributed by atoms with Crippen LogP contribution in [0.3, 0.4) is 0 Å². The Balaban J connectivity index is 1.92. The van der Waals surface area contributed by atoms with Crippen LogP contribution in [0.1, 0.15) is 0 Å². The number of nitrogens with zero attached hydrogens (tertiary/aromatic N) is 1.